The van der Waals surface area contributed by atoms with Crippen LogP contribution in [-0.2, 0) is 14.3 Å². The molecule has 2 N–H and O–H groups in total. The molecule has 1 aliphatic rings. The number of carboxylic acid groups (broad SMARTS) is 1. The second-order valence-electron chi connectivity index (χ2n) is 6.00. The Bertz CT molecular complexity index is 867. The number of halogens is 1. The van der Waals surface area contributed by atoms with E-state index in [0.29, 0.717) is 22.6 Å². The van der Waals surface area contributed by atoms with Crippen molar-refractivity contribution >= 4 is 17.6 Å². The Hall–Kier alpha value is -2.93. The Morgan fingerprint density at radius 2 is 2.08 bits per heavy atom. The summed E-state index contributed by atoms with van der Waals surface area (Å²) < 4.78 is 25.1. The van der Waals surface area contributed by atoms with Gasteiger partial charge in [0.1, 0.15) is 23.8 Å². The molecule has 0 spiro atoms. The van der Waals surface area contributed by atoms with Gasteiger partial charge in [-0.2, -0.15) is 0 Å². The lowest BCUT2D eigenvalue weighted by molar-refractivity contribution is -0.146. The van der Waals surface area contributed by atoms with Crippen LogP contribution in [0.3, 0.4) is 0 Å². The fourth-order valence-electron chi connectivity index (χ4n) is 3.05. The number of benzene rings is 2. The molecule has 0 unspecified atom stereocenters. The largest absolute Gasteiger partial charge is 0.496 e. The van der Waals surface area contributed by atoms with Gasteiger partial charge in [0.05, 0.1) is 13.5 Å². The maximum Gasteiger partial charge on any atom is 0.306 e. The van der Waals surface area contributed by atoms with Gasteiger partial charge in [-0.3, -0.25) is 9.59 Å². The van der Waals surface area contributed by atoms with Gasteiger partial charge in [0, 0.05) is 11.3 Å². The minimum absolute atomic E-state index is 0.386. The number of hydrogen-bond donors (Lipinski definition) is 2. The summed E-state index contributed by atoms with van der Waals surface area (Å²) in [6, 6.07) is 9.27. The molecule has 0 aliphatic carbocycles. The normalized spacial score (nSPS) is 19.3. The van der Waals surface area contributed by atoms with Crippen LogP contribution in [0.25, 0.3) is 0 Å². The second-order valence-corrected chi connectivity index (χ2v) is 6.00. The predicted molar refractivity (Wildman–Crippen MR) is 91.7 cm³/mol. The topological polar surface area (TPSA) is 84.9 Å². The standard InChI is InChI=1S/C19H18FNO5/c1-10-12(4-3-5-15(10)25-2)18-13-8-11(20)6-7-14(13)21-19(24)16(26-18)9-17(22)23/h3-8,16,18H,9H2,1-2H3,(H,21,24)(H,22,23)/t16-,18-/m0/s1. The first-order chi connectivity index (χ1) is 12.4. The number of aliphatic carboxylic acids is 1. The lowest BCUT2D eigenvalue weighted by Crippen LogP contribution is -2.31. The van der Waals surface area contributed by atoms with Crippen molar-refractivity contribution in [2.24, 2.45) is 0 Å². The van der Waals surface area contributed by atoms with Gasteiger partial charge in [0.25, 0.3) is 5.91 Å². The molecule has 7 heteroatoms. The molecule has 2 aromatic rings. The maximum absolute atomic E-state index is 13.9. The summed E-state index contributed by atoms with van der Waals surface area (Å²) >= 11 is 0. The summed E-state index contributed by atoms with van der Waals surface area (Å²) in [5, 5.41) is 11.7. The number of rotatable bonds is 4. The number of nitrogens with one attached hydrogen (secondary N) is 1. The van der Waals surface area contributed by atoms with Gasteiger partial charge in [0.2, 0.25) is 0 Å². The average Bonchev–Trinajstić information content (AvgIpc) is 2.72. The van der Waals surface area contributed by atoms with Gasteiger partial charge in [-0.1, -0.05) is 12.1 Å². The van der Waals surface area contributed by atoms with Gasteiger partial charge in [0.15, 0.2) is 0 Å². The number of carboxylic acids is 1. The van der Waals surface area contributed by atoms with Crippen LogP contribution in [0, 0.1) is 12.7 Å². The van der Waals surface area contributed by atoms with Gasteiger partial charge < -0.3 is 19.9 Å². The van der Waals surface area contributed by atoms with Crippen molar-refractivity contribution in [3.05, 3.63) is 58.9 Å². The van der Waals surface area contributed by atoms with Crippen LogP contribution >= 0.6 is 0 Å². The highest BCUT2D eigenvalue weighted by Gasteiger charge is 2.34. The molecule has 0 radical (unpaired) electrons. The molecule has 0 bridgehead atoms. The summed E-state index contributed by atoms with van der Waals surface area (Å²) in [6.45, 7) is 1.82. The van der Waals surface area contributed by atoms with Crippen LogP contribution in [0.2, 0.25) is 0 Å². The van der Waals surface area contributed by atoms with Crippen molar-refractivity contribution in [1.82, 2.24) is 0 Å². The monoisotopic (exact) mass is 359 g/mol. The Morgan fingerprint density at radius 1 is 1.31 bits per heavy atom. The van der Waals surface area contributed by atoms with Crippen molar-refractivity contribution in [3.8, 4) is 5.75 Å². The highest BCUT2D eigenvalue weighted by atomic mass is 19.1. The number of methoxy groups -OCH3 is 1. The fourth-order valence-corrected chi connectivity index (χ4v) is 3.05. The third-order valence-corrected chi connectivity index (χ3v) is 4.34. The summed E-state index contributed by atoms with van der Waals surface area (Å²) in [7, 11) is 1.53. The Kier molecular flexibility index (Phi) is 4.90. The lowest BCUT2D eigenvalue weighted by Gasteiger charge is -2.23. The predicted octanol–water partition coefficient (Wildman–Crippen LogP) is 3.04. The fraction of sp³-hybridized carbons (Fsp3) is 0.263. The summed E-state index contributed by atoms with van der Waals surface area (Å²) in [4.78, 5) is 23.5. The van der Waals surface area contributed by atoms with E-state index in [1.54, 1.807) is 18.2 Å². The van der Waals surface area contributed by atoms with E-state index >= 15 is 0 Å². The molecule has 136 valence electrons. The molecule has 26 heavy (non-hydrogen) atoms. The molecule has 2 atom stereocenters. The number of amides is 1. The lowest BCUT2D eigenvalue weighted by atomic mass is 9.95. The zero-order valence-corrected chi connectivity index (χ0v) is 14.3. The molecule has 6 nitrogen and oxygen atoms in total. The van der Waals surface area contributed by atoms with E-state index in [0.717, 1.165) is 5.56 Å². The first-order valence-electron chi connectivity index (χ1n) is 8.01. The second kappa shape index (κ2) is 7.13. The number of hydrogen-bond acceptors (Lipinski definition) is 4. The van der Waals surface area contributed by atoms with Gasteiger partial charge >= 0.3 is 5.97 Å². The van der Waals surface area contributed by atoms with Crippen LogP contribution in [0.15, 0.2) is 36.4 Å². The average molecular weight is 359 g/mol. The molecule has 1 heterocycles. The molecular formula is C19H18FNO5. The van der Waals surface area contributed by atoms with Crippen LogP contribution in [0.4, 0.5) is 10.1 Å². The van der Waals surface area contributed by atoms with Crippen LogP contribution in [0.5, 0.6) is 5.75 Å². The van der Waals surface area contributed by atoms with Crippen molar-refractivity contribution < 1.29 is 28.6 Å². The molecular weight excluding hydrogens is 341 g/mol. The highest BCUT2D eigenvalue weighted by molar-refractivity contribution is 5.97. The third-order valence-electron chi connectivity index (χ3n) is 4.34. The Morgan fingerprint density at radius 3 is 2.77 bits per heavy atom. The van der Waals surface area contributed by atoms with Gasteiger partial charge in [-0.05, 0) is 42.3 Å². The quantitative estimate of drug-likeness (QED) is 0.876. The molecule has 0 fully saturated rings. The molecule has 3 rings (SSSR count). The van der Waals surface area contributed by atoms with Crippen molar-refractivity contribution in [2.45, 2.75) is 25.6 Å². The van der Waals surface area contributed by atoms with E-state index in [2.05, 4.69) is 5.32 Å². The van der Waals surface area contributed by atoms with E-state index in [1.807, 2.05) is 6.92 Å². The molecule has 0 saturated carbocycles. The van der Waals surface area contributed by atoms with E-state index in [4.69, 9.17) is 14.6 Å². The zero-order chi connectivity index (χ0) is 18.8. The molecule has 1 aliphatic heterocycles. The Balaban J connectivity index is 2.15. The maximum atomic E-state index is 13.9. The minimum atomic E-state index is -1.21. The van der Waals surface area contributed by atoms with Crippen molar-refractivity contribution in [2.75, 3.05) is 12.4 Å². The molecule has 0 saturated heterocycles. The van der Waals surface area contributed by atoms with Crippen LogP contribution in [0.1, 0.15) is 29.2 Å². The smallest absolute Gasteiger partial charge is 0.306 e. The molecule has 1 amide bonds. The van der Waals surface area contributed by atoms with E-state index in [1.165, 1.54) is 25.3 Å². The van der Waals surface area contributed by atoms with Gasteiger partial charge in [-0.25, -0.2) is 4.39 Å². The summed E-state index contributed by atoms with van der Waals surface area (Å²) in [5.74, 6) is -1.61. The van der Waals surface area contributed by atoms with Crippen molar-refractivity contribution in [3.63, 3.8) is 0 Å². The van der Waals surface area contributed by atoms with E-state index in [-0.39, 0.29) is 0 Å². The first kappa shape index (κ1) is 17.9. The number of carbonyl (C=O) groups is 2. The molecule has 2 aromatic carbocycles. The van der Waals surface area contributed by atoms with Crippen molar-refractivity contribution in [1.29, 1.82) is 0 Å². The SMILES string of the molecule is COc1cccc([C@@H]2O[C@@H](CC(=O)O)C(=O)Nc3ccc(F)cc32)c1C. The zero-order valence-electron chi connectivity index (χ0n) is 14.3. The van der Waals surface area contributed by atoms with Crippen LogP contribution < -0.4 is 10.1 Å². The first-order valence-corrected chi connectivity index (χ1v) is 8.01. The van der Waals surface area contributed by atoms with Gasteiger partial charge in [-0.15, -0.1) is 0 Å². The number of fused-ring (bicyclic) bond motifs is 1. The van der Waals surface area contributed by atoms with E-state index < -0.39 is 36.3 Å². The third kappa shape index (κ3) is 3.39. The minimum Gasteiger partial charge on any atom is -0.496 e. The van der Waals surface area contributed by atoms with E-state index in [9.17, 15) is 14.0 Å². The number of anilines is 1. The highest BCUT2D eigenvalue weighted by Crippen LogP contribution is 2.39. The summed E-state index contributed by atoms with van der Waals surface area (Å²) in [6.07, 6.45) is -2.53. The molecule has 0 aromatic heterocycles. The number of ether oxygens (including phenoxy) is 2. The summed E-state index contributed by atoms with van der Waals surface area (Å²) in [5.41, 5.74) is 2.24. The van der Waals surface area contributed by atoms with Crippen LogP contribution in [-0.4, -0.2) is 30.2 Å². The Labute approximate surface area is 149 Å². The number of carbonyl (C=O) groups excluding carboxylic acids is 1.